The fourth-order valence-electron chi connectivity index (χ4n) is 3.12. The first kappa shape index (κ1) is 16.3. The summed E-state index contributed by atoms with van der Waals surface area (Å²) in [5.74, 6) is 1.26. The summed E-state index contributed by atoms with van der Waals surface area (Å²) in [6.45, 7) is 10.6. The van der Waals surface area contributed by atoms with Gasteiger partial charge < -0.3 is 10.2 Å². The van der Waals surface area contributed by atoms with E-state index < -0.39 is 0 Å². The van der Waals surface area contributed by atoms with Gasteiger partial charge >= 0.3 is 0 Å². The van der Waals surface area contributed by atoms with Crippen molar-refractivity contribution in [2.24, 2.45) is 11.8 Å². The van der Waals surface area contributed by atoms with Crippen LogP contribution in [0, 0.1) is 17.7 Å². The molecule has 2 rings (SSSR count). The van der Waals surface area contributed by atoms with E-state index in [2.05, 4.69) is 31.0 Å². The van der Waals surface area contributed by atoms with Gasteiger partial charge in [0.05, 0.1) is 0 Å². The van der Waals surface area contributed by atoms with Crippen molar-refractivity contribution >= 4 is 5.69 Å². The molecular formula is C18H29FN2. The van der Waals surface area contributed by atoms with Crippen LogP contribution in [0.1, 0.15) is 45.6 Å². The van der Waals surface area contributed by atoms with Crippen LogP contribution in [0.15, 0.2) is 18.2 Å². The van der Waals surface area contributed by atoms with Gasteiger partial charge in [-0.15, -0.1) is 0 Å². The normalized spacial score (nSPS) is 19.3. The van der Waals surface area contributed by atoms with E-state index >= 15 is 0 Å². The maximum atomic E-state index is 13.6. The number of hydrogen-bond donors (Lipinski definition) is 1. The summed E-state index contributed by atoms with van der Waals surface area (Å²) in [4.78, 5) is 2.45. The van der Waals surface area contributed by atoms with Crippen molar-refractivity contribution in [3.05, 3.63) is 29.6 Å². The fraction of sp³-hybridized carbons (Fsp3) is 0.667. The van der Waals surface area contributed by atoms with E-state index in [1.807, 2.05) is 6.07 Å². The van der Waals surface area contributed by atoms with E-state index in [1.165, 1.54) is 24.9 Å². The fourth-order valence-corrected chi connectivity index (χ4v) is 3.12. The van der Waals surface area contributed by atoms with Gasteiger partial charge in [-0.25, -0.2) is 4.39 Å². The standard InChI is InChI=1S/C18H29FN2/c1-4-15-6-5-9-21(13-15)18-8-7-17(19)10-16(18)12-20-11-14(2)3/h7-8,10,14-15,20H,4-6,9,11-13H2,1-3H3. The number of piperidine rings is 1. The summed E-state index contributed by atoms with van der Waals surface area (Å²) < 4.78 is 13.6. The Morgan fingerprint density at radius 1 is 1.38 bits per heavy atom. The van der Waals surface area contributed by atoms with Gasteiger partial charge in [0.2, 0.25) is 0 Å². The lowest BCUT2D eigenvalue weighted by Gasteiger charge is -2.35. The average molecular weight is 292 g/mol. The zero-order chi connectivity index (χ0) is 15.2. The van der Waals surface area contributed by atoms with E-state index in [0.29, 0.717) is 5.92 Å². The summed E-state index contributed by atoms with van der Waals surface area (Å²) in [6.07, 6.45) is 3.81. The topological polar surface area (TPSA) is 15.3 Å². The predicted molar refractivity (Wildman–Crippen MR) is 88.2 cm³/mol. The number of anilines is 1. The Balaban J connectivity index is 2.10. The Labute approximate surface area is 128 Å². The van der Waals surface area contributed by atoms with Crippen molar-refractivity contribution in [1.29, 1.82) is 0 Å². The predicted octanol–water partition coefficient (Wildman–Crippen LogP) is 4.20. The maximum Gasteiger partial charge on any atom is 0.123 e. The summed E-state index contributed by atoms with van der Waals surface area (Å²) in [6, 6.07) is 5.24. The molecule has 1 unspecified atom stereocenters. The second-order valence-corrected chi connectivity index (χ2v) is 6.66. The van der Waals surface area contributed by atoms with Crippen LogP contribution in [-0.4, -0.2) is 19.6 Å². The molecule has 1 aliphatic rings. The van der Waals surface area contributed by atoms with Crippen LogP contribution in [0.4, 0.5) is 10.1 Å². The molecule has 1 aromatic carbocycles. The highest BCUT2D eigenvalue weighted by atomic mass is 19.1. The Kier molecular flexibility index (Phi) is 6.04. The molecular weight excluding hydrogens is 263 g/mol. The highest BCUT2D eigenvalue weighted by molar-refractivity contribution is 5.54. The summed E-state index contributed by atoms with van der Waals surface area (Å²) in [5.41, 5.74) is 2.30. The molecule has 1 atom stereocenters. The summed E-state index contributed by atoms with van der Waals surface area (Å²) >= 11 is 0. The first-order valence-corrected chi connectivity index (χ1v) is 8.34. The van der Waals surface area contributed by atoms with E-state index in [0.717, 1.165) is 37.7 Å². The number of nitrogens with one attached hydrogen (secondary N) is 1. The third-order valence-corrected chi connectivity index (χ3v) is 4.35. The molecule has 0 spiro atoms. The van der Waals surface area contributed by atoms with E-state index in [1.54, 1.807) is 12.1 Å². The van der Waals surface area contributed by atoms with Gasteiger partial charge in [-0.2, -0.15) is 0 Å². The van der Waals surface area contributed by atoms with E-state index in [9.17, 15) is 4.39 Å². The number of benzene rings is 1. The minimum absolute atomic E-state index is 0.135. The monoisotopic (exact) mass is 292 g/mol. The SMILES string of the molecule is CCC1CCCN(c2ccc(F)cc2CNCC(C)C)C1. The van der Waals surface area contributed by atoms with Gasteiger partial charge in [-0.3, -0.25) is 0 Å². The first-order chi connectivity index (χ1) is 10.1. The Morgan fingerprint density at radius 2 is 2.19 bits per heavy atom. The quantitative estimate of drug-likeness (QED) is 0.845. The molecule has 21 heavy (non-hydrogen) atoms. The third kappa shape index (κ3) is 4.70. The van der Waals surface area contributed by atoms with Crippen LogP contribution in [-0.2, 0) is 6.54 Å². The number of halogens is 1. The summed E-state index contributed by atoms with van der Waals surface area (Å²) in [7, 11) is 0. The zero-order valence-electron chi connectivity index (χ0n) is 13.7. The Hall–Kier alpha value is -1.09. The first-order valence-electron chi connectivity index (χ1n) is 8.34. The largest absolute Gasteiger partial charge is 0.371 e. The Morgan fingerprint density at radius 3 is 2.90 bits per heavy atom. The van der Waals surface area contributed by atoms with Crippen molar-refractivity contribution in [3.8, 4) is 0 Å². The molecule has 118 valence electrons. The van der Waals surface area contributed by atoms with Gasteiger partial charge in [-0.05, 0) is 55.0 Å². The summed E-state index contributed by atoms with van der Waals surface area (Å²) in [5, 5.41) is 3.44. The molecule has 2 nitrogen and oxygen atoms in total. The number of hydrogen-bond acceptors (Lipinski definition) is 2. The minimum Gasteiger partial charge on any atom is -0.371 e. The molecule has 0 aliphatic carbocycles. The molecule has 1 fully saturated rings. The van der Waals surface area contributed by atoms with Gasteiger partial charge in [-0.1, -0.05) is 27.2 Å². The van der Waals surface area contributed by atoms with Crippen molar-refractivity contribution in [2.75, 3.05) is 24.5 Å². The van der Waals surface area contributed by atoms with Crippen molar-refractivity contribution in [2.45, 2.75) is 46.6 Å². The number of rotatable bonds is 6. The third-order valence-electron chi connectivity index (χ3n) is 4.35. The molecule has 3 heteroatoms. The molecule has 1 aromatic rings. The highest BCUT2D eigenvalue weighted by Crippen LogP contribution is 2.28. The lowest BCUT2D eigenvalue weighted by atomic mass is 9.94. The van der Waals surface area contributed by atoms with Crippen molar-refractivity contribution < 1.29 is 4.39 Å². The lowest BCUT2D eigenvalue weighted by molar-refractivity contribution is 0.404. The smallest absolute Gasteiger partial charge is 0.123 e. The van der Waals surface area contributed by atoms with E-state index in [-0.39, 0.29) is 5.82 Å². The van der Waals surface area contributed by atoms with Gasteiger partial charge in [0, 0.05) is 25.3 Å². The molecule has 0 amide bonds. The molecule has 0 radical (unpaired) electrons. The maximum absolute atomic E-state index is 13.6. The van der Waals surface area contributed by atoms with Crippen LogP contribution < -0.4 is 10.2 Å². The van der Waals surface area contributed by atoms with E-state index in [4.69, 9.17) is 0 Å². The molecule has 0 aromatic heterocycles. The van der Waals surface area contributed by atoms with Crippen LogP contribution in [0.2, 0.25) is 0 Å². The molecule has 0 saturated carbocycles. The van der Waals surface area contributed by atoms with Crippen LogP contribution in [0.3, 0.4) is 0 Å². The van der Waals surface area contributed by atoms with Crippen LogP contribution in [0.25, 0.3) is 0 Å². The van der Waals surface area contributed by atoms with Crippen LogP contribution in [0.5, 0.6) is 0 Å². The van der Waals surface area contributed by atoms with Crippen LogP contribution >= 0.6 is 0 Å². The molecule has 1 aliphatic heterocycles. The lowest BCUT2D eigenvalue weighted by Crippen LogP contribution is -2.36. The second kappa shape index (κ2) is 7.79. The van der Waals surface area contributed by atoms with Gasteiger partial charge in [0.1, 0.15) is 5.82 Å². The second-order valence-electron chi connectivity index (χ2n) is 6.66. The molecule has 1 N–H and O–H groups in total. The molecule has 1 heterocycles. The average Bonchev–Trinajstić information content (AvgIpc) is 2.47. The van der Waals surface area contributed by atoms with Gasteiger partial charge in [0.25, 0.3) is 0 Å². The minimum atomic E-state index is -0.135. The van der Waals surface area contributed by atoms with Gasteiger partial charge in [0.15, 0.2) is 0 Å². The molecule has 0 bridgehead atoms. The zero-order valence-corrected chi connectivity index (χ0v) is 13.7. The Bertz CT molecular complexity index is 445. The van der Waals surface area contributed by atoms with Crippen molar-refractivity contribution in [3.63, 3.8) is 0 Å². The highest BCUT2D eigenvalue weighted by Gasteiger charge is 2.20. The van der Waals surface area contributed by atoms with Crippen molar-refractivity contribution in [1.82, 2.24) is 5.32 Å². The molecule has 1 saturated heterocycles. The number of nitrogens with zero attached hydrogens (tertiary/aromatic N) is 1.